The molecule has 1 heterocycles. The fourth-order valence-electron chi connectivity index (χ4n) is 2.52. The molecule has 1 aromatic carbocycles. The Hall–Kier alpha value is -2.28. The molecule has 120 valence electrons. The van der Waals surface area contributed by atoms with Gasteiger partial charge < -0.3 is 4.42 Å². The molecule has 0 bridgehead atoms. The fourth-order valence-corrected chi connectivity index (χ4v) is 2.52. The standard InChI is InChI=1S/C22H26O/c1-8-19-13-17(4)21(23-19)20(22(5,6)7)14-16(3)18-11-9-15(2)10-12-18/h8-14H,1,3H2,2,4-7H3/b20-14+. The maximum Gasteiger partial charge on any atom is 0.134 e. The first-order valence-corrected chi connectivity index (χ1v) is 7.93. The Morgan fingerprint density at radius 1 is 1.09 bits per heavy atom. The normalized spacial score (nSPS) is 12.3. The molecular formula is C22H26O. The van der Waals surface area contributed by atoms with Crippen LogP contribution >= 0.6 is 0 Å². The van der Waals surface area contributed by atoms with E-state index in [1.165, 1.54) is 5.56 Å². The van der Waals surface area contributed by atoms with Gasteiger partial charge in [-0.2, -0.15) is 0 Å². The van der Waals surface area contributed by atoms with Crippen LogP contribution in [-0.2, 0) is 0 Å². The largest absolute Gasteiger partial charge is 0.457 e. The van der Waals surface area contributed by atoms with E-state index in [9.17, 15) is 0 Å². The monoisotopic (exact) mass is 306 g/mol. The second-order valence-corrected chi connectivity index (χ2v) is 7.06. The van der Waals surface area contributed by atoms with E-state index in [0.717, 1.165) is 33.8 Å². The number of hydrogen-bond acceptors (Lipinski definition) is 1. The Balaban J connectivity index is 2.50. The highest BCUT2D eigenvalue weighted by Gasteiger charge is 2.24. The van der Waals surface area contributed by atoms with E-state index in [0.29, 0.717) is 0 Å². The number of furan rings is 1. The van der Waals surface area contributed by atoms with Gasteiger partial charge in [0.1, 0.15) is 11.5 Å². The molecule has 0 saturated heterocycles. The van der Waals surface area contributed by atoms with Crippen molar-refractivity contribution in [1.82, 2.24) is 0 Å². The molecule has 0 fully saturated rings. The van der Waals surface area contributed by atoms with Gasteiger partial charge in [0.15, 0.2) is 0 Å². The van der Waals surface area contributed by atoms with Crippen LogP contribution < -0.4 is 0 Å². The molecule has 1 aromatic heterocycles. The molecule has 0 unspecified atom stereocenters. The van der Waals surface area contributed by atoms with Crippen LogP contribution in [0.5, 0.6) is 0 Å². The molecule has 0 N–H and O–H groups in total. The third kappa shape index (κ3) is 3.92. The third-order valence-electron chi connectivity index (χ3n) is 3.93. The predicted molar refractivity (Wildman–Crippen MR) is 101 cm³/mol. The van der Waals surface area contributed by atoms with E-state index in [1.807, 2.05) is 6.07 Å². The Labute approximate surface area is 140 Å². The van der Waals surface area contributed by atoms with Crippen molar-refractivity contribution in [3.63, 3.8) is 0 Å². The summed E-state index contributed by atoms with van der Waals surface area (Å²) in [5.41, 5.74) is 5.59. The van der Waals surface area contributed by atoms with Crippen molar-refractivity contribution >= 4 is 17.2 Å². The van der Waals surface area contributed by atoms with E-state index >= 15 is 0 Å². The molecular weight excluding hydrogens is 280 g/mol. The summed E-state index contributed by atoms with van der Waals surface area (Å²) >= 11 is 0. The smallest absolute Gasteiger partial charge is 0.134 e. The predicted octanol–water partition coefficient (Wildman–Crippen LogP) is 6.68. The van der Waals surface area contributed by atoms with Crippen LogP contribution in [0.3, 0.4) is 0 Å². The van der Waals surface area contributed by atoms with E-state index in [4.69, 9.17) is 4.42 Å². The lowest BCUT2D eigenvalue weighted by molar-refractivity contribution is 0.498. The minimum Gasteiger partial charge on any atom is -0.457 e. The Bertz CT molecular complexity index is 746. The molecule has 2 rings (SSSR count). The van der Waals surface area contributed by atoms with E-state index < -0.39 is 0 Å². The number of aryl methyl sites for hydroxylation is 2. The zero-order valence-electron chi connectivity index (χ0n) is 14.9. The highest BCUT2D eigenvalue weighted by molar-refractivity contribution is 5.84. The lowest BCUT2D eigenvalue weighted by Gasteiger charge is -2.23. The second kappa shape index (κ2) is 6.45. The number of rotatable bonds is 4. The van der Waals surface area contributed by atoms with Gasteiger partial charge in [-0.25, -0.2) is 0 Å². The number of hydrogen-bond donors (Lipinski definition) is 0. The van der Waals surface area contributed by atoms with Gasteiger partial charge in [-0.15, -0.1) is 0 Å². The van der Waals surface area contributed by atoms with Crippen molar-refractivity contribution in [1.29, 1.82) is 0 Å². The highest BCUT2D eigenvalue weighted by atomic mass is 16.3. The average Bonchev–Trinajstić information content (AvgIpc) is 2.85. The molecule has 0 aliphatic heterocycles. The van der Waals surface area contributed by atoms with Crippen LogP contribution in [0.2, 0.25) is 0 Å². The summed E-state index contributed by atoms with van der Waals surface area (Å²) in [5.74, 6) is 1.72. The summed E-state index contributed by atoms with van der Waals surface area (Å²) in [6, 6.07) is 10.5. The van der Waals surface area contributed by atoms with Crippen LogP contribution in [0.15, 0.2) is 54.0 Å². The van der Waals surface area contributed by atoms with E-state index in [-0.39, 0.29) is 5.41 Å². The third-order valence-corrected chi connectivity index (χ3v) is 3.93. The van der Waals surface area contributed by atoms with E-state index in [2.05, 4.69) is 78.1 Å². The number of benzene rings is 1. The summed E-state index contributed by atoms with van der Waals surface area (Å²) in [7, 11) is 0. The van der Waals surface area contributed by atoms with Gasteiger partial charge >= 0.3 is 0 Å². The first-order valence-electron chi connectivity index (χ1n) is 7.93. The zero-order valence-corrected chi connectivity index (χ0v) is 14.9. The lowest BCUT2D eigenvalue weighted by Crippen LogP contribution is -2.09. The highest BCUT2D eigenvalue weighted by Crippen LogP contribution is 2.38. The van der Waals surface area contributed by atoms with Crippen LogP contribution in [-0.4, -0.2) is 0 Å². The van der Waals surface area contributed by atoms with Gasteiger partial charge in [0.05, 0.1) is 0 Å². The van der Waals surface area contributed by atoms with Crippen molar-refractivity contribution in [2.45, 2.75) is 34.6 Å². The van der Waals surface area contributed by atoms with Crippen molar-refractivity contribution in [3.05, 3.63) is 77.8 Å². The molecule has 0 amide bonds. The van der Waals surface area contributed by atoms with Crippen LogP contribution in [0.1, 0.15) is 49.0 Å². The summed E-state index contributed by atoms with van der Waals surface area (Å²) < 4.78 is 5.98. The van der Waals surface area contributed by atoms with Crippen LogP contribution in [0.25, 0.3) is 17.2 Å². The van der Waals surface area contributed by atoms with Crippen LogP contribution in [0.4, 0.5) is 0 Å². The molecule has 0 radical (unpaired) electrons. The molecule has 23 heavy (non-hydrogen) atoms. The SMILES string of the molecule is C=Cc1cc(C)c(/C(=C\C(=C)c2ccc(C)cc2)C(C)(C)C)o1. The van der Waals surface area contributed by atoms with Gasteiger partial charge in [-0.1, -0.05) is 63.8 Å². The first-order chi connectivity index (χ1) is 10.7. The summed E-state index contributed by atoms with van der Waals surface area (Å²) in [4.78, 5) is 0. The van der Waals surface area contributed by atoms with Crippen LogP contribution in [0, 0.1) is 19.3 Å². The van der Waals surface area contributed by atoms with Gasteiger partial charge in [0.25, 0.3) is 0 Å². The minimum absolute atomic E-state index is 0.0469. The average molecular weight is 306 g/mol. The Morgan fingerprint density at radius 2 is 1.70 bits per heavy atom. The second-order valence-electron chi connectivity index (χ2n) is 7.06. The molecule has 0 atom stereocenters. The minimum atomic E-state index is -0.0469. The lowest BCUT2D eigenvalue weighted by atomic mass is 9.82. The van der Waals surface area contributed by atoms with Crippen molar-refractivity contribution in [2.75, 3.05) is 0 Å². The molecule has 1 nitrogen and oxygen atoms in total. The maximum atomic E-state index is 5.98. The molecule has 2 aromatic rings. The Morgan fingerprint density at radius 3 is 2.17 bits per heavy atom. The molecule has 0 saturated carbocycles. The summed E-state index contributed by atoms with van der Waals surface area (Å²) in [5, 5.41) is 0. The van der Waals surface area contributed by atoms with Crippen molar-refractivity contribution in [3.8, 4) is 0 Å². The first kappa shape index (κ1) is 17.1. The topological polar surface area (TPSA) is 13.1 Å². The molecule has 0 aliphatic rings. The zero-order chi connectivity index (χ0) is 17.2. The molecule has 0 spiro atoms. The van der Waals surface area contributed by atoms with Crippen molar-refractivity contribution < 1.29 is 4.42 Å². The van der Waals surface area contributed by atoms with Gasteiger partial charge in [0, 0.05) is 5.57 Å². The van der Waals surface area contributed by atoms with Gasteiger partial charge in [-0.3, -0.25) is 0 Å². The summed E-state index contributed by atoms with van der Waals surface area (Å²) in [6.45, 7) is 18.8. The molecule has 1 heteroatoms. The fraction of sp³-hybridized carbons (Fsp3) is 0.273. The molecule has 0 aliphatic carbocycles. The van der Waals surface area contributed by atoms with Gasteiger partial charge in [0.2, 0.25) is 0 Å². The van der Waals surface area contributed by atoms with E-state index in [1.54, 1.807) is 6.08 Å². The maximum absolute atomic E-state index is 5.98. The van der Waals surface area contributed by atoms with Crippen molar-refractivity contribution in [2.24, 2.45) is 5.41 Å². The number of allylic oxidation sites excluding steroid dienone is 3. The Kier molecular flexibility index (Phi) is 4.79. The quantitative estimate of drug-likeness (QED) is 0.574. The summed E-state index contributed by atoms with van der Waals surface area (Å²) in [6.07, 6.45) is 3.88. The van der Waals surface area contributed by atoms with Gasteiger partial charge in [-0.05, 0) is 54.2 Å².